The van der Waals surface area contributed by atoms with E-state index in [-0.39, 0.29) is 18.0 Å². The van der Waals surface area contributed by atoms with E-state index < -0.39 is 0 Å². The average Bonchev–Trinajstić information content (AvgIpc) is 3.03. The number of aromatic nitrogens is 3. The van der Waals surface area contributed by atoms with Gasteiger partial charge in [0, 0.05) is 28.2 Å². The van der Waals surface area contributed by atoms with Crippen LogP contribution in [0.2, 0.25) is 0 Å². The summed E-state index contributed by atoms with van der Waals surface area (Å²) < 4.78 is 2.84. The molecule has 0 fully saturated rings. The number of nitrogens with zero attached hydrogens (tertiary/aromatic N) is 3. The summed E-state index contributed by atoms with van der Waals surface area (Å²) in [6.07, 6.45) is 2.25. The number of carbonyl (C=O) groups excluding carboxylic acids is 1. The summed E-state index contributed by atoms with van der Waals surface area (Å²) in [5, 5.41) is 3.69. The molecule has 27 heavy (non-hydrogen) atoms. The monoisotopic (exact) mass is 442 g/mol. The first-order valence-electron chi connectivity index (χ1n) is 8.39. The summed E-state index contributed by atoms with van der Waals surface area (Å²) in [5.74, 6) is 0.311. The predicted octanol–water partition coefficient (Wildman–Crippen LogP) is 3.97. The summed E-state index contributed by atoms with van der Waals surface area (Å²) in [5.41, 5.74) is 1.12. The molecule has 6 nitrogen and oxygen atoms in total. The molecule has 4 rings (SSSR count). The van der Waals surface area contributed by atoms with Gasteiger partial charge in [0.05, 0.1) is 5.52 Å². The highest BCUT2D eigenvalue weighted by Crippen LogP contribution is 2.28. The standard InChI is InChI=1S/C19H15BrN4O2S/c1-2-14-23-16-13-7-4-8-21-18(13)27-17(16)19(26)24(14)10-15(25)22-12-6-3-5-11(20)9-12/h3-9H,2,10H2,1H3,(H,22,25). The van der Waals surface area contributed by atoms with E-state index in [2.05, 4.69) is 31.2 Å². The number of aryl methyl sites for hydroxylation is 1. The lowest BCUT2D eigenvalue weighted by Gasteiger charge is -2.11. The maximum absolute atomic E-state index is 13.0. The molecule has 8 heteroatoms. The Labute approximate surface area is 167 Å². The van der Waals surface area contributed by atoms with Crippen LogP contribution in [0.3, 0.4) is 0 Å². The highest BCUT2D eigenvalue weighted by Gasteiger charge is 2.17. The largest absolute Gasteiger partial charge is 0.324 e. The lowest BCUT2D eigenvalue weighted by Crippen LogP contribution is -2.30. The van der Waals surface area contributed by atoms with Crippen LogP contribution in [-0.4, -0.2) is 20.4 Å². The van der Waals surface area contributed by atoms with Gasteiger partial charge in [-0.3, -0.25) is 14.2 Å². The molecule has 4 aromatic rings. The summed E-state index contributed by atoms with van der Waals surface area (Å²) in [7, 11) is 0. The topological polar surface area (TPSA) is 76.9 Å². The SMILES string of the molecule is CCc1nc2c(sc3ncccc32)c(=O)n1CC(=O)Nc1cccc(Br)c1. The van der Waals surface area contributed by atoms with Crippen LogP contribution in [0.25, 0.3) is 20.4 Å². The molecule has 0 spiro atoms. The van der Waals surface area contributed by atoms with E-state index in [1.807, 2.05) is 31.2 Å². The number of anilines is 1. The van der Waals surface area contributed by atoms with Gasteiger partial charge in [0.1, 0.15) is 21.9 Å². The number of pyridine rings is 1. The summed E-state index contributed by atoms with van der Waals surface area (Å²) in [6.45, 7) is 1.84. The molecule has 0 aliphatic carbocycles. The van der Waals surface area contributed by atoms with Crippen molar-refractivity contribution in [3.63, 3.8) is 0 Å². The fraction of sp³-hybridized carbons (Fsp3) is 0.158. The van der Waals surface area contributed by atoms with Crippen molar-refractivity contribution in [2.24, 2.45) is 0 Å². The lowest BCUT2D eigenvalue weighted by molar-refractivity contribution is -0.116. The van der Waals surface area contributed by atoms with Crippen molar-refractivity contribution >= 4 is 59.3 Å². The van der Waals surface area contributed by atoms with Crippen molar-refractivity contribution in [2.75, 3.05) is 5.32 Å². The van der Waals surface area contributed by atoms with Crippen LogP contribution in [0.15, 0.2) is 51.9 Å². The third kappa shape index (κ3) is 3.38. The number of hydrogen-bond donors (Lipinski definition) is 1. The first kappa shape index (κ1) is 17.8. The van der Waals surface area contributed by atoms with Gasteiger partial charge in [0.15, 0.2) is 0 Å². The lowest BCUT2D eigenvalue weighted by atomic mass is 10.3. The highest BCUT2D eigenvalue weighted by molar-refractivity contribution is 9.10. The number of carbonyl (C=O) groups is 1. The van der Waals surface area contributed by atoms with Gasteiger partial charge in [-0.2, -0.15) is 0 Å². The molecule has 1 N–H and O–H groups in total. The molecule has 3 heterocycles. The number of rotatable bonds is 4. The Bertz CT molecular complexity index is 1230. The molecule has 3 aromatic heterocycles. The van der Waals surface area contributed by atoms with E-state index in [0.717, 1.165) is 14.7 Å². The Morgan fingerprint density at radius 3 is 2.93 bits per heavy atom. The van der Waals surface area contributed by atoms with Crippen molar-refractivity contribution in [3.8, 4) is 0 Å². The normalized spacial score (nSPS) is 11.2. The fourth-order valence-corrected chi connectivity index (χ4v) is 4.38. The molecule has 0 saturated heterocycles. The van der Waals surface area contributed by atoms with Gasteiger partial charge < -0.3 is 5.32 Å². The van der Waals surface area contributed by atoms with Crippen LogP contribution in [0.1, 0.15) is 12.7 Å². The third-order valence-corrected chi connectivity index (χ3v) is 5.74. The van der Waals surface area contributed by atoms with Gasteiger partial charge >= 0.3 is 0 Å². The Hall–Kier alpha value is -2.58. The minimum Gasteiger partial charge on any atom is -0.324 e. The first-order chi connectivity index (χ1) is 13.1. The van der Waals surface area contributed by atoms with E-state index >= 15 is 0 Å². The predicted molar refractivity (Wildman–Crippen MR) is 111 cm³/mol. The van der Waals surface area contributed by atoms with Gasteiger partial charge in [-0.05, 0) is 30.3 Å². The molecule has 1 amide bonds. The zero-order chi connectivity index (χ0) is 19.0. The van der Waals surface area contributed by atoms with Crippen LogP contribution >= 0.6 is 27.3 Å². The Kier molecular flexibility index (Phi) is 4.75. The van der Waals surface area contributed by atoms with Crippen molar-refractivity contribution in [1.82, 2.24) is 14.5 Å². The molecular formula is C19H15BrN4O2S. The van der Waals surface area contributed by atoms with E-state index in [1.54, 1.807) is 18.3 Å². The van der Waals surface area contributed by atoms with Crippen LogP contribution < -0.4 is 10.9 Å². The number of nitrogens with one attached hydrogen (secondary N) is 1. The molecule has 0 bridgehead atoms. The quantitative estimate of drug-likeness (QED) is 0.518. The van der Waals surface area contributed by atoms with Gasteiger partial charge in [-0.1, -0.05) is 28.9 Å². The number of fused-ring (bicyclic) bond motifs is 3. The second-order valence-corrected chi connectivity index (χ2v) is 7.88. The number of thiophene rings is 1. The Morgan fingerprint density at radius 2 is 2.15 bits per heavy atom. The van der Waals surface area contributed by atoms with Crippen molar-refractivity contribution in [2.45, 2.75) is 19.9 Å². The van der Waals surface area contributed by atoms with Crippen LogP contribution in [0, 0.1) is 0 Å². The smallest absolute Gasteiger partial charge is 0.272 e. The maximum Gasteiger partial charge on any atom is 0.272 e. The third-order valence-electron chi connectivity index (χ3n) is 4.16. The average molecular weight is 443 g/mol. The minimum absolute atomic E-state index is 0.0842. The molecule has 0 atom stereocenters. The molecular weight excluding hydrogens is 428 g/mol. The van der Waals surface area contributed by atoms with Gasteiger partial charge in [0.25, 0.3) is 5.56 Å². The second kappa shape index (κ2) is 7.21. The molecule has 0 radical (unpaired) electrons. The number of hydrogen-bond acceptors (Lipinski definition) is 5. The second-order valence-electron chi connectivity index (χ2n) is 5.97. The molecule has 136 valence electrons. The maximum atomic E-state index is 13.0. The molecule has 0 aliphatic rings. The number of amides is 1. The number of halogens is 1. The van der Waals surface area contributed by atoms with Crippen LogP contribution in [-0.2, 0) is 17.8 Å². The summed E-state index contributed by atoms with van der Waals surface area (Å²) in [4.78, 5) is 35.3. The fourth-order valence-electron chi connectivity index (χ4n) is 2.95. The Morgan fingerprint density at radius 1 is 1.30 bits per heavy atom. The van der Waals surface area contributed by atoms with Crippen molar-refractivity contribution < 1.29 is 4.79 Å². The minimum atomic E-state index is -0.273. The van der Waals surface area contributed by atoms with Crippen molar-refractivity contribution in [1.29, 1.82) is 0 Å². The summed E-state index contributed by atoms with van der Waals surface area (Å²) >= 11 is 4.69. The van der Waals surface area contributed by atoms with Gasteiger partial charge in [-0.15, -0.1) is 11.3 Å². The summed E-state index contributed by atoms with van der Waals surface area (Å²) in [6, 6.07) is 11.1. The molecule has 0 unspecified atom stereocenters. The van der Waals surface area contributed by atoms with Gasteiger partial charge in [0.2, 0.25) is 5.91 Å². The first-order valence-corrected chi connectivity index (χ1v) is 10.00. The zero-order valence-electron chi connectivity index (χ0n) is 14.4. The van der Waals surface area contributed by atoms with E-state index in [4.69, 9.17) is 0 Å². The van der Waals surface area contributed by atoms with E-state index in [0.29, 0.717) is 28.1 Å². The molecule has 1 aromatic carbocycles. The van der Waals surface area contributed by atoms with E-state index in [1.165, 1.54) is 15.9 Å². The van der Waals surface area contributed by atoms with Crippen LogP contribution in [0.4, 0.5) is 5.69 Å². The van der Waals surface area contributed by atoms with Crippen LogP contribution in [0.5, 0.6) is 0 Å². The van der Waals surface area contributed by atoms with Crippen molar-refractivity contribution in [3.05, 3.63) is 63.2 Å². The Balaban J connectivity index is 1.74. The molecule has 0 aliphatic heterocycles. The van der Waals surface area contributed by atoms with E-state index in [9.17, 15) is 9.59 Å². The number of benzene rings is 1. The van der Waals surface area contributed by atoms with Gasteiger partial charge in [-0.25, -0.2) is 9.97 Å². The zero-order valence-corrected chi connectivity index (χ0v) is 16.8. The molecule has 0 saturated carbocycles. The highest BCUT2D eigenvalue weighted by atomic mass is 79.9.